The second-order valence-corrected chi connectivity index (χ2v) is 5.57. The fraction of sp³-hybridized carbons (Fsp3) is 0.833. The first-order valence-electron chi connectivity index (χ1n) is 6.71. The molecule has 0 heterocycles. The number of carbonyl (C=O) groups is 2. The van der Waals surface area contributed by atoms with Gasteiger partial charge in [-0.1, -0.05) is 0 Å². The molecule has 0 unspecified atom stereocenters. The molecule has 0 saturated carbocycles. The van der Waals surface area contributed by atoms with Crippen LogP contribution in [-0.2, 0) is 14.3 Å². The summed E-state index contributed by atoms with van der Waals surface area (Å²) in [4.78, 5) is 22.9. The van der Waals surface area contributed by atoms with Gasteiger partial charge in [0.1, 0.15) is 6.04 Å². The van der Waals surface area contributed by atoms with E-state index in [1.54, 1.807) is 6.26 Å². The lowest BCUT2D eigenvalue weighted by Crippen LogP contribution is -2.55. The van der Waals surface area contributed by atoms with Crippen molar-refractivity contribution in [3.63, 3.8) is 0 Å². The highest BCUT2D eigenvalue weighted by atomic mass is 32.2. The topological polar surface area (TPSA) is 64.6 Å². The van der Waals surface area contributed by atoms with Crippen molar-refractivity contribution in [1.82, 2.24) is 5.32 Å². The van der Waals surface area contributed by atoms with Gasteiger partial charge >= 0.3 is 30.1 Å². The third-order valence-corrected chi connectivity index (χ3v) is 3.32. The van der Waals surface area contributed by atoms with E-state index in [9.17, 15) is 40.3 Å². The van der Waals surface area contributed by atoms with E-state index in [-0.39, 0.29) is 18.8 Å². The lowest BCUT2D eigenvalue weighted by Gasteiger charge is -2.28. The highest BCUT2D eigenvalue weighted by Gasteiger charge is 2.73. The molecule has 0 aliphatic rings. The Balaban J connectivity index is 4.96. The summed E-state index contributed by atoms with van der Waals surface area (Å²) in [6.45, 7) is -1.14. The van der Waals surface area contributed by atoms with E-state index >= 15 is 0 Å². The van der Waals surface area contributed by atoms with E-state index in [4.69, 9.17) is 0 Å². The van der Waals surface area contributed by atoms with Gasteiger partial charge in [0, 0.05) is 0 Å². The summed E-state index contributed by atoms with van der Waals surface area (Å²) < 4.78 is 95.9. The van der Waals surface area contributed by atoms with Crippen LogP contribution in [0.3, 0.4) is 0 Å². The van der Waals surface area contributed by atoms with Crippen molar-refractivity contribution < 1.29 is 49.8 Å². The molecule has 1 N–H and O–H groups in total. The summed E-state index contributed by atoms with van der Waals surface area (Å²) in [5.41, 5.74) is 0. The number of carbonyl (C=O) groups excluding carboxylic acids is 2. The van der Waals surface area contributed by atoms with E-state index in [0.29, 0.717) is 0 Å². The van der Waals surface area contributed by atoms with Crippen LogP contribution in [0.4, 0.5) is 35.5 Å². The minimum atomic E-state index is -6.52. The summed E-state index contributed by atoms with van der Waals surface area (Å²) in [5.74, 6) is -13.4. The first-order valence-corrected chi connectivity index (χ1v) is 8.10. The van der Waals surface area contributed by atoms with Gasteiger partial charge in [0.2, 0.25) is 0 Å². The van der Waals surface area contributed by atoms with E-state index < -0.39 is 42.7 Å². The first-order chi connectivity index (χ1) is 11.3. The molecule has 0 aliphatic heterocycles. The molecule has 0 aliphatic carbocycles. The number of thioether (sulfide) groups is 1. The lowest BCUT2D eigenvalue weighted by molar-refractivity contribution is -0.359. The number of esters is 1. The second-order valence-electron chi connectivity index (χ2n) is 4.58. The maximum Gasteiger partial charge on any atom is 0.460 e. The van der Waals surface area contributed by atoms with Gasteiger partial charge < -0.3 is 14.8 Å². The zero-order valence-electron chi connectivity index (χ0n) is 13.1. The molecule has 0 fully saturated rings. The van der Waals surface area contributed by atoms with Crippen molar-refractivity contribution in [1.29, 1.82) is 0 Å². The monoisotopic (exact) mass is 403 g/mol. The number of rotatable bonds is 9. The standard InChI is InChI=1S/C12H16F7NO4S/c1-3-23-9(22)20-7(4-5-25-2)8(21)24-6-10(13,14)11(15,16)12(17,18)19/h7H,3-6H2,1-2H3,(H,20,22)/t7-/m0/s1. The predicted octanol–water partition coefficient (Wildman–Crippen LogP) is 3.23. The Morgan fingerprint density at radius 1 is 1.08 bits per heavy atom. The maximum absolute atomic E-state index is 13.1. The zero-order valence-corrected chi connectivity index (χ0v) is 13.9. The molecule has 0 aromatic rings. The van der Waals surface area contributed by atoms with Crippen LogP contribution in [0.25, 0.3) is 0 Å². The fourth-order valence-electron chi connectivity index (χ4n) is 1.36. The SMILES string of the molecule is CCOC(=O)N[C@@H](CCSC)C(=O)OCC(F)(F)C(F)(F)C(F)(F)F. The molecule has 0 spiro atoms. The van der Waals surface area contributed by atoms with E-state index in [1.165, 1.54) is 18.7 Å². The van der Waals surface area contributed by atoms with Crippen LogP contribution in [-0.4, -0.2) is 61.3 Å². The van der Waals surface area contributed by atoms with Crippen LogP contribution in [0.15, 0.2) is 0 Å². The molecule has 0 rings (SSSR count). The Bertz CT molecular complexity index is 459. The van der Waals surface area contributed by atoms with Crippen molar-refractivity contribution in [2.24, 2.45) is 0 Å². The quantitative estimate of drug-likeness (QED) is 0.473. The number of hydrogen-bond donors (Lipinski definition) is 1. The van der Waals surface area contributed by atoms with Crippen molar-refractivity contribution >= 4 is 23.8 Å². The van der Waals surface area contributed by atoms with Gasteiger partial charge in [-0.2, -0.15) is 42.5 Å². The number of amides is 1. The van der Waals surface area contributed by atoms with Crippen LogP contribution >= 0.6 is 11.8 Å². The van der Waals surface area contributed by atoms with Crippen molar-refractivity contribution in [2.75, 3.05) is 25.2 Å². The average molecular weight is 403 g/mol. The third kappa shape index (κ3) is 6.78. The summed E-state index contributed by atoms with van der Waals surface area (Å²) >= 11 is 1.20. The average Bonchev–Trinajstić information content (AvgIpc) is 2.48. The fourth-order valence-corrected chi connectivity index (χ4v) is 1.83. The molecule has 1 atom stereocenters. The predicted molar refractivity (Wildman–Crippen MR) is 73.9 cm³/mol. The van der Waals surface area contributed by atoms with Crippen LogP contribution < -0.4 is 5.32 Å². The molecular formula is C12H16F7NO4S. The van der Waals surface area contributed by atoms with E-state index in [0.717, 1.165) is 0 Å². The minimum Gasteiger partial charge on any atom is -0.457 e. The zero-order chi connectivity index (χ0) is 19.9. The summed E-state index contributed by atoms with van der Waals surface area (Å²) in [6.07, 6.45) is -6.15. The Kier molecular flexibility index (Phi) is 8.82. The molecule has 13 heteroatoms. The van der Waals surface area contributed by atoms with E-state index in [1.807, 2.05) is 5.32 Å². The summed E-state index contributed by atoms with van der Waals surface area (Å²) in [5, 5.41) is 1.95. The van der Waals surface area contributed by atoms with Gasteiger partial charge in [0.25, 0.3) is 0 Å². The lowest BCUT2D eigenvalue weighted by atomic mass is 10.1. The van der Waals surface area contributed by atoms with Gasteiger partial charge in [-0.3, -0.25) is 0 Å². The number of alkyl carbamates (subject to hydrolysis) is 1. The highest BCUT2D eigenvalue weighted by Crippen LogP contribution is 2.46. The molecule has 148 valence electrons. The summed E-state index contributed by atoms with van der Waals surface area (Å²) in [6, 6.07) is -1.54. The second kappa shape index (κ2) is 9.34. The Morgan fingerprint density at radius 3 is 2.08 bits per heavy atom. The molecule has 25 heavy (non-hydrogen) atoms. The molecule has 0 radical (unpaired) electrons. The number of alkyl halides is 7. The van der Waals surface area contributed by atoms with E-state index in [2.05, 4.69) is 9.47 Å². The number of halogens is 7. The smallest absolute Gasteiger partial charge is 0.457 e. The Hall–Kier alpha value is -1.40. The Morgan fingerprint density at radius 2 is 1.64 bits per heavy atom. The van der Waals surface area contributed by atoms with Crippen molar-refractivity contribution in [2.45, 2.75) is 37.4 Å². The van der Waals surface area contributed by atoms with Crippen molar-refractivity contribution in [3.8, 4) is 0 Å². The van der Waals surface area contributed by atoms with Gasteiger partial charge in [-0.15, -0.1) is 0 Å². The number of nitrogens with one attached hydrogen (secondary N) is 1. The largest absolute Gasteiger partial charge is 0.460 e. The van der Waals surface area contributed by atoms with Crippen LogP contribution in [0.5, 0.6) is 0 Å². The third-order valence-electron chi connectivity index (χ3n) is 2.67. The van der Waals surface area contributed by atoms with Gasteiger partial charge in [0.15, 0.2) is 6.61 Å². The first kappa shape index (κ1) is 23.6. The van der Waals surface area contributed by atoms with Gasteiger partial charge in [-0.05, 0) is 25.4 Å². The van der Waals surface area contributed by atoms with Gasteiger partial charge in [-0.25, -0.2) is 9.59 Å². The molecule has 0 aromatic heterocycles. The van der Waals surface area contributed by atoms with Gasteiger partial charge in [0.05, 0.1) is 6.61 Å². The molecule has 0 saturated heterocycles. The van der Waals surface area contributed by atoms with Crippen LogP contribution in [0.2, 0.25) is 0 Å². The molecule has 0 aromatic carbocycles. The molecular weight excluding hydrogens is 387 g/mol. The van der Waals surface area contributed by atoms with Crippen LogP contribution in [0, 0.1) is 0 Å². The minimum absolute atomic E-state index is 0.0774. The highest BCUT2D eigenvalue weighted by molar-refractivity contribution is 7.98. The molecule has 5 nitrogen and oxygen atoms in total. The normalized spacial score (nSPS) is 14.0. The maximum atomic E-state index is 13.1. The molecule has 0 bridgehead atoms. The number of hydrogen-bond acceptors (Lipinski definition) is 5. The summed E-state index contributed by atoms with van der Waals surface area (Å²) in [7, 11) is 0. The Labute approximate surface area is 142 Å². The van der Waals surface area contributed by atoms with Crippen molar-refractivity contribution in [3.05, 3.63) is 0 Å². The number of ether oxygens (including phenoxy) is 2. The van der Waals surface area contributed by atoms with Crippen LogP contribution in [0.1, 0.15) is 13.3 Å². The molecule has 1 amide bonds.